The van der Waals surface area contributed by atoms with Crippen molar-refractivity contribution < 1.29 is 14.6 Å². The van der Waals surface area contributed by atoms with Crippen molar-refractivity contribution in [3.63, 3.8) is 0 Å². The highest BCUT2D eigenvalue weighted by Crippen LogP contribution is 2.19. The van der Waals surface area contributed by atoms with Gasteiger partial charge in [0.05, 0.1) is 5.60 Å². The van der Waals surface area contributed by atoms with Gasteiger partial charge in [0.15, 0.2) is 6.10 Å². The Bertz CT molecular complexity index is 175. The van der Waals surface area contributed by atoms with Gasteiger partial charge in [0.25, 0.3) is 0 Å². The largest absolute Gasteiger partial charge is 0.479 e. The second kappa shape index (κ2) is 6.02. The number of hydrogen-bond donors (Lipinski definition) is 1. The molecule has 0 saturated heterocycles. The first-order valence-corrected chi connectivity index (χ1v) is 5.33. The molecule has 0 radical (unpaired) electrons. The van der Waals surface area contributed by atoms with Gasteiger partial charge in [-0.25, -0.2) is 4.79 Å². The van der Waals surface area contributed by atoms with Crippen molar-refractivity contribution in [1.29, 1.82) is 0 Å². The van der Waals surface area contributed by atoms with E-state index in [9.17, 15) is 4.79 Å². The summed E-state index contributed by atoms with van der Waals surface area (Å²) in [5, 5.41) is 8.93. The van der Waals surface area contributed by atoms with E-state index in [1.807, 2.05) is 27.7 Å². The van der Waals surface area contributed by atoms with Crippen LogP contribution in [0.15, 0.2) is 0 Å². The van der Waals surface area contributed by atoms with E-state index >= 15 is 0 Å². The fraction of sp³-hybridized carbons (Fsp3) is 0.909. The van der Waals surface area contributed by atoms with E-state index in [0.717, 1.165) is 19.3 Å². The number of ether oxygens (including phenoxy) is 1. The molecule has 0 rings (SSSR count). The van der Waals surface area contributed by atoms with Crippen LogP contribution in [0.4, 0.5) is 0 Å². The zero-order valence-electron chi connectivity index (χ0n) is 9.67. The molecule has 3 nitrogen and oxygen atoms in total. The maximum absolute atomic E-state index is 10.9. The molecule has 1 atom stereocenters. The Kier molecular flexibility index (Phi) is 5.77. The van der Waals surface area contributed by atoms with Gasteiger partial charge in [0.1, 0.15) is 0 Å². The lowest BCUT2D eigenvalue weighted by atomic mass is 10.1. The Morgan fingerprint density at radius 3 is 2.36 bits per heavy atom. The Balaban J connectivity index is 4.15. The minimum Gasteiger partial charge on any atom is -0.479 e. The molecule has 0 aliphatic heterocycles. The third-order valence-corrected chi connectivity index (χ3v) is 2.41. The lowest BCUT2D eigenvalue weighted by Crippen LogP contribution is -2.34. The predicted molar refractivity (Wildman–Crippen MR) is 56.4 cm³/mol. The minimum atomic E-state index is -0.847. The first kappa shape index (κ1) is 13.4. The molecule has 0 fully saturated rings. The summed E-state index contributed by atoms with van der Waals surface area (Å²) >= 11 is 0. The van der Waals surface area contributed by atoms with E-state index in [0.29, 0.717) is 6.42 Å². The predicted octanol–water partition coefficient (Wildman–Crippen LogP) is 2.84. The number of carboxylic acids is 1. The highest BCUT2D eigenvalue weighted by atomic mass is 16.5. The molecule has 0 unspecified atom stereocenters. The van der Waals surface area contributed by atoms with Gasteiger partial charge < -0.3 is 9.84 Å². The molecule has 0 heterocycles. The van der Waals surface area contributed by atoms with Gasteiger partial charge >= 0.3 is 5.97 Å². The molecule has 0 spiro atoms. The van der Waals surface area contributed by atoms with Crippen LogP contribution in [0.5, 0.6) is 0 Å². The zero-order valence-corrected chi connectivity index (χ0v) is 9.67. The summed E-state index contributed by atoms with van der Waals surface area (Å²) in [6.07, 6.45) is 2.68. The highest BCUT2D eigenvalue weighted by molar-refractivity contribution is 5.72. The molecule has 84 valence electrons. The molecule has 0 saturated carbocycles. The Hall–Kier alpha value is -0.570. The van der Waals surface area contributed by atoms with Crippen LogP contribution in [0.3, 0.4) is 0 Å². The number of unbranched alkanes of at least 4 members (excludes halogenated alkanes) is 1. The third-order valence-electron chi connectivity index (χ3n) is 2.41. The van der Waals surface area contributed by atoms with Crippen molar-refractivity contribution in [3.05, 3.63) is 0 Å². The number of carbonyl (C=O) groups is 1. The van der Waals surface area contributed by atoms with Crippen molar-refractivity contribution in [2.45, 2.75) is 65.1 Å². The summed E-state index contributed by atoms with van der Waals surface area (Å²) in [5.41, 5.74) is -0.337. The molecule has 1 N–H and O–H groups in total. The van der Waals surface area contributed by atoms with Crippen molar-refractivity contribution in [3.8, 4) is 0 Å². The summed E-state index contributed by atoms with van der Waals surface area (Å²) in [7, 11) is 0. The van der Waals surface area contributed by atoms with Crippen molar-refractivity contribution >= 4 is 5.97 Å². The number of rotatable bonds is 7. The standard InChI is InChI=1S/C11H22O3/c1-5-7-8-9(10(12)13)14-11(3,4)6-2/h9H,5-8H2,1-4H3,(H,12,13)/t9-/m0/s1. The molecule has 0 aliphatic carbocycles. The number of aliphatic carboxylic acids is 1. The van der Waals surface area contributed by atoms with Gasteiger partial charge in [-0.15, -0.1) is 0 Å². The zero-order chi connectivity index (χ0) is 11.2. The molecular formula is C11H22O3. The lowest BCUT2D eigenvalue weighted by molar-refractivity contribution is -0.162. The van der Waals surface area contributed by atoms with Crippen LogP contribution >= 0.6 is 0 Å². The SMILES string of the molecule is CCCC[C@H](OC(C)(C)CC)C(=O)O. The van der Waals surface area contributed by atoms with Crippen LogP contribution in [-0.4, -0.2) is 22.8 Å². The third kappa shape index (κ3) is 5.22. The highest BCUT2D eigenvalue weighted by Gasteiger charge is 2.26. The fourth-order valence-corrected chi connectivity index (χ4v) is 1.09. The van der Waals surface area contributed by atoms with Gasteiger partial charge in [0.2, 0.25) is 0 Å². The van der Waals surface area contributed by atoms with Crippen LogP contribution in [0, 0.1) is 0 Å². The first-order valence-electron chi connectivity index (χ1n) is 5.33. The smallest absolute Gasteiger partial charge is 0.332 e. The molecule has 0 aromatic rings. The van der Waals surface area contributed by atoms with Crippen LogP contribution in [-0.2, 0) is 9.53 Å². The molecule has 14 heavy (non-hydrogen) atoms. The van der Waals surface area contributed by atoms with E-state index in [4.69, 9.17) is 9.84 Å². The maximum Gasteiger partial charge on any atom is 0.332 e. The van der Waals surface area contributed by atoms with E-state index in [2.05, 4.69) is 0 Å². The molecule has 0 amide bonds. The summed E-state index contributed by atoms with van der Waals surface area (Å²) in [5.74, 6) is -0.847. The quantitative estimate of drug-likeness (QED) is 0.690. The van der Waals surface area contributed by atoms with E-state index in [1.165, 1.54) is 0 Å². The van der Waals surface area contributed by atoms with Crippen molar-refractivity contribution in [2.75, 3.05) is 0 Å². The first-order chi connectivity index (χ1) is 6.43. The molecule has 0 aromatic carbocycles. The summed E-state index contributed by atoms with van der Waals surface area (Å²) in [6.45, 7) is 7.90. The number of hydrogen-bond acceptors (Lipinski definition) is 2. The number of carboxylic acid groups (broad SMARTS) is 1. The van der Waals surface area contributed by atoms with Gasteiger partial charge in [-0.1, -0.05) is 26.7 Å². The Morgan fingerprint density at radius 1 is 1.43 bits per heavy atom. The minimum absolute atomic E-state index is 0.337. The summed E-state index contributed by atoms with van der Waals surface area (Å²) in [6, 6.07) is 0. The van der Waals surface area contributed by atoms with E-state index in [1.54, 1.807) is 0 Å². The van der Waals surface area contributed by atoms with E-state index in [-0.39, 0.29) is 5.60 Å². The lowest BCUT2D eigenvalue weighted by Gasteiger charge is -2.27. The van der Waals surface area contributed by atoms with Crippen molar-refractivity contribution in [2.24, 2.45) is 0 Å². The van der Waals surface area contributed by atoms with Crippen LogP contribution in [0.1, 0.15) is 53.4 Å². The molecule has 3 heteroatoms. The topological polar surface area (TPSA) is 46.5 Å². The Morgan fingerprint density at radius 2 is 2.00 bits per heavy atom. The van der Waals surface area contributed by atoms with Gasteiger partial charge in [-0.2, -0.15) is 0 Å². The van der Waals surface area contributed by atoms with E-state index < -0.39 is 12.1 Å². The fourth-order valence-electron chi connectivity index (χ4n) is 1.09. The van der Waals surface area contributed by atoms with Gasteiger partial charge in [-0.05, 0) is 26.7 Å². The maximum atomic E-state index is 10.9. The summed E-state index contributed by atoms with van der Waals surface area (Å²) < 4.78 is 5.55. The molecule has 0 aliphatic rings. The van der Waals surface area contributed by atoms with Crippen molar-refractivity contribution in [1.82, 2.24) is 0 Å². The molecule has 0 aromatic heterocycles. The normalized spacial score (nSPS) is 14.0. The van der Waals surface area contributed by atoms with Gasteiger partial charge in [0, 0.05) is 0 Å². The van der Waals surface area contributed by atoms with Gasteiger partial charge in [-0.3, -0.25) is 0 Å². The average molecular weight is 202 g/mol. The average Bonchev–Trinajstić information content (AvgIpc) is 2.12. The molecular weight excluding hydrogens is 180 g/mol. The summed E-state index contributed by atoms with van der Waals surface area (Å²) in [4.78, 5) is 10.9. The van der Waals surface area contributed by atoms with Crippen LogP contribution in [0.2, 0.25) is 0 Å². The second-order valence-electron chi connectivity index (χ2n) is 4.20. The second-order valence-corrected chi connectivity index (χ2v) is 4.20. The monoisotopic (exact) mass is 202 g/mol. The van der Waals surface area contributed by atoms with Crippen LogP contribution < -0.4 is 0 Å². The van der Waals surface area contributed by atoms with Crippen LogP contribution in [0.25, 0.3) is 0 Å². The Labute approximate surface area is 86.5 Å². The molecule has 0 bridgehead atoms.